The summed E-state index contributed by atoms with van der Waals surface area (Å²) in [5, 5.41) is 1.74. The number of thiazole rings is 1. The highest BCUT2D eigenvalue weighted by Gasteiger charge is 2.35. The number of benzene rings is 1. The number of aromatic nitrogens is 2. The molecule has 0 radical (unpaired) electrons. The van der Waals surface area contributed by atoms with Gasteiger partial charge in [-0.1, -0.05) is 12.1 Å². The quantitative estimate of drug-likeness (QED) is 0.489. The molecule has 2 aromatic heterocycles. The number of imide groups is 1. The molecule has 27 heavy (non-hydrogen) atoms. The summed E-state index contributed by atoms with van der Waals surface area (Å²) in [6.45, 7) is -0.212. The fraction of sp³-hybridized carbons (Fsp3) is 0.167. The van der Waals surface area contributed by atoms with Gasteiger partial charge >= 0.3 is 5.97 Å². The molecule has 0 bridgehead atoms. The molecule has 0 fully saturated rings. The van der Waals surface area contributed by atoms with Crippen LogP contribution in [0.1, 0.15) is 32.8 Å². The molecule has 8 nitrogen and oxygen atoms in total. The van der Waals surface area contributed by atoms with Crippen LogP contribution in [0.2, 0.25) is 0 Å². The topological polar surface area (TPSA) is 98.0 Å². The van der Waals surface area contributed by atoms with E-state index in [2.05, 4.69) is 4.98 Å². The fourth-order valence-corrected chi connectivity index (χ4v) is 3.57. The lowest BCUT2D eigenvalue weighted by Gasteiger charge is -2.13. The van der Waals surface area contributed by atoms with Crippen molar-refractivity contribution in [1.82, 2.24) is 14.3 Å². The van der Waals surface area contributed by atoms with Gasteiger partial charge in [0.2, 0.25) is 0 Å². The molecule has 0 saturated carbocycles. The minimum atomic E-state index is -0.584. The highest BCUT2D eigenvalue weighted by Crippen LogP contribution is 2.22. The van der Waals surface area contributed by atoms with Crippen molar-refractivity contribution in [3.63, 3.8) is 0 Å². The minimum absolute atomic E-state index is 0.0643. The van der Waals surface area contributed by atoms with Crippen LogP contribution in [-0.2, 0) is 16.1 Å². The van der Waals surface area contributed by atoms with E-state index in [0.29, 0.717) is 21.8 Å². The number of fused-ring (bicyclic) bond motifs is 2. The van der Waals surface area contributed by atoms with Gasteiger partial charge in [-0.25, -0.2) is 4.98 Å². The van der Waals surface area contributed by atoms with Crippen molar-refractivity contribution < 1.29 is 19.1 Å². The fourth-order valence-electron chi connectivity index (χ4n) is 2.83. The van der Waals surface area contributed by atoms with Crippen LogP contribution in [0.15, 0.2) is 46.7 Å². The number of ether oxygens (including phenoxy) is 1. The van der Waals surface area contributed by atoms with E-state index in [-0.39, 0.29) is 25.1 Å². The van der Waals surface area contributed by atoms with Crippen LogP contribution in [0.4, 0.5) is 0 Å². The molecular weight excluding hydrogens is 370 g/mol. The summed E-state index contributed by atoms with van der Waals surface area (Å²) in [4.78, 5) is 54.1. The van der Waals surface area contributed by atoms with Crippen LogP contribution >= 0.6 is 11.3 Å². The number of esters is 1. The van der Waals surface area contributed by atoms with E-state index >= 15 is 0 Å². The number of carbonyl (C=O) groups excluding carboxylic acids is 3. The Labute approximate surface area is 156 Å². The van der Waals surface area contributed by atoms with Crippen LogP contribution in [0.25, 0.3) is 4.96 Å². The SMILES string of the molecule is O=C(CCN1C(=O)c2ccccc2C1=O)OCc1cc(=O)n2ccsc2n1. The van der Waals surface area contributed by atoms with Gasteiger partial charge in [-0.3, -0.25) is 28.5 Å². The summed E-state index contributed by atoms with van der Waals surface area (Å²) in [5.74, 6) is -1.41. The predicted octanol–water partition coefficient (Wildman–Crippen LogP) is 1.49. The second-order valence-corrected chi connectivity index (χ2v) is 6.73. The zero-order valence-corrected chi connectivity index (χ0v) is 14.8. The van der Waals surface area contributed by atoms with Crippen LogP contribution in [0.3, 0.4) is 0 Å². The van der Waals surface area contributed by atoms with Crippen LogP contribution in [0, 0.1) is 0 Å². The molecule has 4 rings (SSSR count). The molecule has 136 valence electrons. The maximum Gasteiger partial charge on any atom is 0.307 e. The summed E-state index contributed by atoms with van der Waals surface area (Å²) >= 11 is 1.30. The Morgan fingerprint density at radius 1 is 1.11 bits per heavy atom. The molecule has 2 amide bonds. The second kappa shape index (κ2) is 6.76. The molecule has 0 unspecified atom stereocenters. The molecule has 3 heterocycles. The van der Waals surface area contributed by atoms with Gasteiger partial charge in [0.05, 0.1) is 23.2 Å². The van der Waals surface area contributed by atoms with E-state index in [4.69, 9.17) is 4.74 Å². The first-order chi connectivity index (χ1) is 13.0. The van der Waals surface area contributed by atoms with Crippen molar-refractivity contribution in [3.05, 3.63) is 69.1 Å². The molecule has 0 saturated heterocycles. The highest BCUT2D eigenvalue weighted by molar-refractivity contribution is 7.15. The Hall–Kier alpha value is -3.33. The number of amides is 2. The summed E-state index contributed by atoms with van der Waals surface area (Å²) in [6.07, 6.45) is 1.49. The molecule has 3 aromatic rings. The zero-order valence-electron chi connectivity index (χ0n) is 14.0. The Balaban J connectivity index is 1.35. The third kappa shape index (κ3) is 3.13. The summed E-state index contributed by atoms with van der Waals surface area (Å²) in [5.41, 5.74) is 0.768. The van der Waals surface area contributed by atoms with Gasteiger partial charge in [-0.2, -0.15) is 0 Å². The number of carbonyl (C=O) groups is 3. The molecular formula is C18H13N3O5S. The van der Waals surface area contributed by atoms with E-state index in [9.17, 15) is 19.2 Å². The Bertz CT molecular complexity index is 1100. The van der Waals surface area contributed by atoms with Crippen molar-refractivity contribution in [2.45, 2.75) is 13.0 Å². The Morgan fingerprint density at radius 2 is 1.81 bits per heavy atom. The van der Waals surface area contributed by atoms with E-state index in [1.54, 1.807) is 35.8 Å². The number of hydrogen-bond acceptors (Lipinski definition) is 7. The maximum absolute atomic E-state index is 12.2. The average molecular weight is 383 g/mol. The number of hydrogen-bond donors (Lipinski definition) is 0. The van der Waals surface area contributed by atoms with Crippen molar-refractivity contribution in [2.24, 2.45) is 0 Å². The van der Waals surface area contributed by atoms with Crippen molar-refractivity contribution in [1.29, 1.82) is 0 Å². The minimum Gasteiger partial charge on any atom is -0.459 e. The van der Waals surface area contributed by atoms with Gasteiger partial charge in [0.1, 0.15) is 6.61 Å². The van der Waals surface area contributed by atoms with Crippen molar-refractivity contribution in [3.8, 4) is 0 Å². The normalized spacial score (nSPS) is 13.3. The number of nitrogens with zero attached hydrogens (tertiary/aromatic N) is 3. The second-order valence-electron chi connectivity index (χ2n) is 5.86. The van der Waals surface area contributed by atoms with Crippen LogP contribution in [-0.4, -0.2) is 38.6 Å². The number of rotatable bonds is 5. The van der Waals surface area contributed by atoms with Crippen molar-refractivity contribution in [2.75, 3.05) is 6.54 Å². The molecule has 0 spiro atoms. The smallest absolute Gasteiger partial charge is 0.307 e. The van der Waals surface area contributed by atoms with Crippen LogP contribution in [0.5, 0.6) is 0 Å². The highest BCUT2D eigenvalue weighted by atomic mass is 32.1. The Kier molecular flexibility index (Phi) is 4.28. The lowest BCUT2D eigenvalue weighted by atomic mass is 10.1. The van der Waals surface area contributed by atoms with Gasteiger partial charge < -0.3 is 4.74 Å². The van der Waals surface area contributed by atoms with Gasteiger partial charge in [0.15, 0.2) is 4.96 Å². The third-order valence-corrected chi connectivity index (χ3v) is 4.91. The van der Waals surface area contributed by atoms with Gasteiger partial charge in [0, 0.05) is 24.2 Å². The van der Waals surface area contributed by atoms with Gasteiger partial charge in [-0.05, 0) is 12.1 Å². The summed E-state index contributed by atoms with van der Waals surface area (Å²) in [7, 11) is 0. The monoisotopic (exact) mass is 383 g/mol. The molecule has 1 aliphatic heterocycles. The van der Waals surface area contributed by atoms with E-state index < -0.39 is 17.8 Å². The zero-order chi connectivity index (χ0) is 19.0. The van der Waals surface area contributed by atoms with Crippen LogP contribution < -0.4 is 5.56 Å². The molecule has 1 aromatic carbocycles. The Morgan fingerprint density at radius 3 is 2.52 bits per heavy atom. The molecule has 9 heteroatoms. The van der Waals surface area contributed by atoms with E-state index in [0.717, 1.165) is 4.90 Å². The maximum atomic E-state index is 12.2. The van der Waals surface area contributed by atoms with Gasteiger partial charge in [-0.15, -0.1) is 11.3 Å². The lowest BCUT2D eigenvalue weighted by Crippen LogP contribution is -2.32. The predicted molar refractivity (Wildman–Crippen MR) is 95.6 cm³/mol. The third-order valence-electron chi connectivity index (χ3n) is 4.15. The van der Waals surface area contributed by atoms with Gasteiger partial charge in [0.25, 0.3) is 17.4 Å². The average Bonchev–Trinajstić information content (AvgIpc) is 3.23. The first kappa shape index (κ1) is 17.1. The van der Waals surface area contributed by atoms with Crippen molar-refractivity contribution >= 4 is 34.1 Å². The lowest BCUT2D eigenvalue weighted by molar-refractivity contribution is -0.145. The molecule has 0 N–H and O–H groups in total. The van der Waals surface area contributed by atoms with E-state index in [1.165, 1.54) is 21.8 Å². The summed E-state index contributed by atoms with van der Waals surface area (Å²) in [6, 6.07) is 7.83. The molecule has 0 aliphatic carbocycles. The standard InChI is InChI=1S/C18H13N3O5S/c22-14-9-11(19-18-20(14)7-8-27-18)10-26-15(23)5-6-21-16(24)12-3-1-2-4-13(12)17(21)25/h1-4,7-9H,5-6,10H2. The summed E-state index contributed by atoms with van der Waals surface area (Å²) < 4.78 is 6.52. The first-order valence-electron chi connectivity index (χ1n) is 8.11. The first-order valence-corrected chi connectivity index (χ1v) is 8.99. The molecule has 0 atom stereocenters. The van der Waals surface area contributed by atoms with E-state index in [1.807, 2.05) is 0 Å². The largest absolute Gasteiger partial charge is 0.459 e. The molecule has 1 aliphatic rings.